The molecule has 0 aromatic heterocycles. The Labute approximate surface area is 131 Å². The molecular weight excluding hydrogens is 268 g/mol. The highest BCUT2D eigenvalue weighted by Crippen LogP contribution is 2.20. The van der Waals surface area contributed by atoms with Crippen molar-refractivity contribution in [1.29, 1.82) is 0 Å². The average Bonchev–Trinajstić information content (AvgIpc) is 2.52. The fraction of sp³-hybridized carbons (Fsp3) is 0.100. The van der Waals surface area contributed by atoms with E-state index >= 15 is 0 Å². The van der Waals surface area contributed by atoms with E-state index in [1.165, 1.54) is 22.3 Å². The van der Waals surface area contributed by atoms with E-state index in [0.29, 0.717) is 0 Å². The van der Waals surface area contributed by atoms with Gasteiger partial charge >= 0.3 is 0 Å². The molecule has 0 unspecified atom stereocenters. The van der Waals surface area contributed by atoms with Crippen LogP contribution in [0, 0.1) is 0 Å². The van der Waals surface area contributed by atoms with Gasteiger partial charge in [-0.05, 0) is 47.2 Å². The van der Waals surface area contributed by atoms with Crippen LogP contribution in [0.3, 0.4) is 0 Å². The van der Waals surface area contributed by atoms with Crippen LogP contribution in [0.4, 0.5) is 11.4 Å². The Morgan fingerprint density at radius 1 is 0.545 bits per heavy atom. The number of nitrogens with two attached hydrogens (primary N) is 2. The molecule has 110 valence electrons. The van der Waals surface area contributed by atoms with Gasteiger partial charge in [0.2, 0.25) is 0 Å². The Kier molecular flexibility index (Phi) is 4.10. The molecule has 0 atom stereocenters. The fourth-order valence-electron chi connectivity index (χ4n) is 2.68. The van der Waals surface area contributed by atoms with Gasteiger partial charge in [0.1, 0.15) is 0 Å². The van der Waals surface area contributed by atoms with Crippen molar-refractivity contribution in [2.45, 2.75) is 12.8 Å². The largest absolute Gasteiger partial charge is 0.398 e. The first-order chi connectivity index (χ1) is 10.7. The van der Waals surface area contributed by atoms with Gasteiger partial charge in [-0.3, -0.25) is 0 Å². The number of hydrogen-bond donors (Lipinski definition) is 2. The summed E-state index contributed by atoms with van der Waals surface area (Å²) in [5.41, 5.74) is 18.6. The summed E-state index contributed by atoms with van der Waals surface area (Å²) in [7, 11) is 0. The summed E-state index contributed by atoms with van der Waals surface area (Å²) >= 11 is 0. The highest BCUT2D eigenvalue weighted by molar-refractivity contribution is 5.50. The summed E-state index contributed by atoms with van der Waals surface area (Å²) in [6, 6.07) is 24.7. The summed E-state index contributed by atoms with van der Waals surface area (Å²) in [5.74, 6) is 0. The van der Waals surface area contributed by atoms with Crippen LogP contribution in [-0.4, -0.2) is 0 Å². The van der Waals surface area contributed by atoms with Gasteiger partial charge in [0.25, 0.3) is 0 Å². The van der Waals surface area contributed by atoms with Gasteiger partial charge in [0.15, 0.2) is 0 Å². The van der Waals surface area contributed by atoms with E-state index in [1.807, 2.05) is 36.4 Å². The normalized spacial score (nSPS) is 10.5. The smallest absolute Gasteiger partial charge is 0.0349 e. The Morgan fingerprint density at radius 3 is 1.45 bits per heavy atom. The Balaban J connectivity index is 1.81. The molecule has 0 heterocycles. The predicted molar refractivity (Wildman–Crippen MR) is 93.8 cm³/mol. The SMILES string of the molecule is Nc1ccccc1Cc1cccc(Cc2ccccc2N)c1. The van der Waals surface area contributed by atoms with Crippen LogP contribution < -0.4 is 11.5 Å². The van der Waals surface area contributed by atoms with E-state index in [9.17, 15) is 0 Å². The van der Waals surface area contributed by atoms with Crippen molar-refractivity contribution >= 4 is 11.4 Å². The van der Waals surface area contributed by atoms with Crippen LogP contribution in [0.5, 0.6) is 0 Å². The maximum atomic E-state index is 6.03. The van der Waals surface area contributed by atoms with Gasteiger partial charge in [0.05, 0.1) is 0 Å². The van der Waals surface area contributed by atoms with E-state index in [1.54, 1.807) is 0 Å². The van der Waals surface area contributed by atoms with Crippen LogP contribution in [0.2, 0.25) is 0 Å². The molecule has 4 N–H and O–H groups in total. The number of nitrogen functional groups attached to an aromatic ring is 2. The Bertz CT molecular complexity index is 715. The van der Waals surface area contributed by atoms with E-state index in [0.717, 1.165) is 24.2 Å². The molecular formula is C20H20N2. The van der Waals surface area contributed by atoms with Gasteiger partial charge < -0.3 is 11.5 Å². The van der Waals surface area contributed by atoms with Crippen molar-refractivity contribution in [2.75, 3.05) is 11.5 Å². The molecule has 3 rings (SSSR count). The molecule has 2 heteroatoms. The Morgan fingerprint density at radius 2 is 1.00 bits per heavy atom. The molecule has 3 aromatic rings. The highest BCUT2D eigenvalue weighted by Gasteiger charge is 2.03. The molecule has 0 saturated heterocycles. The van der Waals surface area contributed by atoms with Crippen molar-refractivity contribution in [3.8, 4) is 0 Å². The quantitative estimate of drug-likeness (QED) is 0.712. The minimum atomic E-state index is 0.847. The second-order valence-corrected chi connectivity index (χ2v) is 5.57. The molecule has 0 spiro atoms. The summed E-state index contributed by atoms with van der Waals surface area (Å²) in [5, 5.41) is 0. The third-order valence-electron chi connectivity index (χ3n) is 3.89. The minimum absolute atomic E-state index is 0.847. The van der Waals surface area contributed by atoms with Crippen molar-refractivity contribution in [2.24, 2.45) is 0 Å². The number of hydrogen-bond acceptors (Lipinski definition) is 2. The minimum Gasteiger partial charge on any atom is -0.398 e. The van der Waals surface area contributed by atoms with Crippen LogP contribution in [0.1, 0.15) is 22.3 Å². The lowest BCUT2D eigenvalue weighted by atomic mass is 9.98. The molecule has 0 fully saturated rings. The van der Waals surface area contributed by atoms with Gasteiger partial charge in [-0.15, -0.1) is 0 Å². The van der Waals surface area contributed by atoms with Gasteiger partial charge in [-0.2, -0.15) is 0 Å². The third-order valence-corrected chi connectivity index (χ3v) is 3.89. The van der Waals surface area contributed by atoms with Gasteiger partial charge in [0, 0.05) is 11.4 Å². The summed E-state index contributed by atoms with van der Waals surface area (Å²) in [6.07, 6.45) is 1.70. The maximum Gasteiger partial charge on any atom is 0.0349 e. The zero-order chi connectivity index (χ0) is 15.4. The van der Waals surface area contributed by atoms with Gasteiger partial charge in [-0.1, -0.05) is 60.7 Å². The molecule has 3 aromatic carbocycles. The molecule has 0 aliphatic heterocycles. The van der Waals surface area contributed by atoms with Gasteiger partial charge in [-0.25, -0.2) is 0 Å². The lowest BCUT2D eigenvalue weighted by Crippen LogP contribution is -1.98. The number of para-hydroxylation sites is 2. The first kappa shape index (κ1) is 14.2. The lowest BCUT2D eigenvalue weighted by molar-refractivity contribution is 1.14. The first-order valence-corrected chi connectivity index (χ1v) is 7.47. The zero-order valence-corrected chi connectivity index (χ0v) is 12.5. The third kappa shape index (κ3) is 3.29. The standard InChI is InChI=1S/C20H20N2/c21-19-10-3-1-8-17(19)13-15-6-5-7-16(12-15)14-18-9-2-4-11-20(18)22/h1-12H,13-14,21-22H2. The molecule has 0 aliphatic carbocycles. The predicted octanol–water partition coefficient (Wildman–Crippen LogP) is 4.03. The molecule has 0 aliphatic rings. The number of benzene rings is 3. The van der Waals surface area contributed by atoms with Crippen molar-refractivity contribution < 1.29 is 0 Å². The summed E-state index contributed by atoms with van der Waals surface area (Å²) in [4.78, 5) is 0. The molecule has 0 saturated carbocycles. The lowest BCUT2D eigenvalue weighted by Gasteiger charge is -2.09. The topological polar surface area (TPSA) is 52.0 Å². The van der Waals surface area contributed by atoms with Crippen molar-refractivity contribution in [1.82, 2.24) is 0 Å². The second kappa shape index (κ2) is 6.35. The maximum absolute atomic E-state index is 6.03. The highest BCUT2D eigenvalue weighted by atomic mass is 14.6. The van der Waals surface area contributed by atoms with E-state index in [-0.39, 0.29) is 0 Å². The molecule has 0 radical (unpaired) electrons. The van der Waals surface area contributed by atoms with Crippen LogP contribution >= 0.6 is 0 Å². The molecule has 0 amide bonds. The number of anilines is 2. The monoisotopic (exact) mass is 288 g/mol. The second-order valence-electron chi connectivity index (χ2n) is 5.57. The van der Waals surface area contributed by atoms with E-state index in [4.69, 9.17) is 11.5 Å². The Hall–Kier alpha value is -2.74. The summed E-state index contributed by atoms with van der Waals surface area (Å²) in [6.45, 7) is 0. The van der Waals surface area contributed by atoms with Crippen molar-refractivity contribution in [3.05, 3.63) is 95.1 Å². The molecule has 2 nitrogen and oxygen atoms in total. The van der Waals surface area contributed by atoms with E-state index in [2.05, 4.69) is 36.4 Å². The number of rotatable bonds is 4. The molecule has 0 bridgehead atoms. The molecule has 22 heavy (non-hydrogen) atoms. The average molecular weight is 288 g/mol. The fourth-order valence-corrected chi connectivity index (χ4v) is 2.68. The first-order valence-electron chi connectivity index (χ1n) is 7.47. The summed E-state index contributed by atoms with van der Waals surface area (Å²) < 4.78 is 0. The zero-order valence-electron chi connectivity index (χ0n) is 12.5. The van der Waals surface area contributed by atoms with Crippen LogP contribution in [0.25, 0.3) is 0 Å². The van der Waals surface area contributed by atoms with Crippen molar-refractivity contribution in [3.63, 3.8) is 0 Å². The van der Waals surface area contributed by atoms with E-state index < -0.39 is 0 Å². The van der Waals surface area contributed by atoms with Crippen LogP contribution in [0.15, 0.2) is 72.8 Å². The van der Waals surface area contributed by atoms with Crippen LogP contribution in [-0.2, 0) is 12.8 Å².